The van der Waals surface area contributed by atoms with Crippen molar-refractivity contribution in [3.05, 3.63) is 23.8 Å². The zero-order chi connectivity index (χ0) is 10.9. The van der Waals surface area contributed by atoms with Crippen molar-refractivity contribution in [1.29, 1.82) is 0 Å². The van der Waals surface area contributed by atoms with Crippen LogP contribution in [0.2, 0.25) is 0 Å². The van der Waals surface area contributed by atoms with Crippen LogP contribution in [-0.2, 0) is 10.3 Å². The van der Waals surface area contributed by atoms with Crippen molar-refractivity contribution in [3.8, 4) is 11.5 Å². The molecule has 1 aromatic carbocycles. The van der Waals surface area contributed by atoms with Crippen molar-refractivity contribution in [2.75, 3.05) is 7.11 Å². The molecule has 1 aliphatic carbocycles. The first-order valence-corrected chi connectivity index (χ1v) is 4.68. The molecule has 0 atom stereocenters. The van der Waals surface area contributed by atoms with Gasteiger partial charge in [0.05, 0.1) is 12.6 Å². The fourth-order valence-electron chi connectivity index (χ4n) is 1.64. The molecular weight excluding hydrogens is 194 g/mol. The Labute approximate surface area is 87.2 Å². The van der Waals surface area contributed by atoms with Gasteiger partial charge in [-0.2, -0.15) is 4.99 Å². The lowest BCUT2D eigenvalue weighted by Gasteiger charge is -2.10. The summed E-state index contributed by atoms with van der Waals surface area (Å²) in [5.41, 5.74) is 0.475. The predicted molar refractivity (Wildman–Crippen MR) is 53.7 cm³/mol. The number of phenolic OH excluding ortho intramolecular Hbond substituents is 1. The minimum Gasteiger partial charge on any atom is -0.504 e. The summed E-state index contributed by atoms with van der Waals surface area (Å²) >= 11 is 0. The van der Waals surface area contributed by atoms with E-state index in [0.29, 0.717) is 5.75 Å². The molecule has 0 heterocycles. The van der Waals surface area contributed by atoms with Crippen molar-refractivity contribution in [1.82, 2.24) is 0 Å². The number of ether oxygens (including phenoxy) is 1. The molecule has 1 aliphatic rings. The third-order valence-electron chi connectivity index (χ3n) is 2.70. The van der Waals surface area contributed by atoms with Gasteiger partial charge in [-0.25, -0.2) is 4.79 Å². The van der Waals surface area contributed by atoms with Gasteiger partial charge in [0.1, 0.15) is 0 Å². The maximum atomic E-state index is 10.3. The summed E-state index contributed by atoms with van der Waals surface area (Å²) in [6.45, 7) is 0. The molecule has 1 N–H and O–H groups in total. The summed E-state index contributed by atoms with van der Waals surface area (Å²) < 4.78 is 5.00. The van der Waals surface area contributed by atoms with Crippen LogP contribution in [0.3, 0.4) is 0 Å². The highest BCUT2D eigenvalue weighted by molar-refractivity contribution is 5.48. The van der Waals surface area contributed by atoms with Gasteiger partial charge in [-0.3, -0.25) is 0 Å². The van der Waals surface area contributed by atoms with Gasteiger partial charge in [-0.05, 0) is 30.5 Å². The number of isocyanates is 1. The Morgan fingerprint density at radius 2 is 2.27 bits per heavy atom. The number of aromatic hydroxyl groups is 1. The van der Waals surface area contributed by atoms with E-state index >= 15 is 0 Å². The monoisotopic (exact) mass is 205 g/mol. The number of benzene rings is 1. The van der Waals surface area contributed by atoms with Crippen LogP contribution in [0.25, 0.3) is 0 Å². The number of methoxy groups -OCH3 is 1. The highest BCUT2D eigenvalue weighted by Gasteiger charge is 2.45. The highest BCUT2D eigenvalue weighted by Crippen LogP contribution is 2.50. The predicted octanol–water partition coefficient (Wildman–Crippen LogP) is 1.73. The van der Waals surface area contributed by atoms with Crippen molar-refractivity contribution < 1.29 is 14.6 Å². The summed E-state index contributed by atoms with van der Waals surface area (Å²) in [6.07, 6.45) is 3.28. The van der Waals surface area contributed by atoms with E-state index in [-0.39, 0.29) is 5.75 Å². The normalized spacial score (nSPS) is 16.6. The Balaban J connectivity index is 2.41. The van der Waals surface area contributed by atoms with Crippen LogP contribution in [0, 0.1) is 0 Å². The quantitative estimate of drug-likeness (QED) is 0.603. The first kappa shape index (κ1) is 9.74. The zero-order valence-electron chi connectivity index (χ0n) is 8.36. The van der Waals surface area contributed by atoms with Crippen molar-refractivity contribution in [3.63, 3.8) is 0 Å². The fraction of sp³-hybridized carbons (Fsp3) is 0.364. The summed E-state index contributed by atoms with van der Waals surface area (Å²) in [6, 6.07) is 5.02. The van der Waals surface area contributed by atoms with Gasteiger partial charge >= 0.3 is 0 Å². The number of nitrogens with zero attached hydrogens (tertiary/aromatic N) is 1. The molecule has 4 heteroatoms. The number of carbonyl (C=O) groups excluding carboxylic acids is 1. The van der Waals surface area contributed by atoms with E-state index in [9.17, 15) is 9.90 Å². The number of aliphatic imine (C=N–C) groups is 1. The third-order valence-corrected chi connectivity index (χ3v) is 2.70. The number of hydrogen-bond donors (Lipinski definition) is 1. The lowest BCUT2D eigenvalue weighted by Crippen LogP contribution is -2.02. The van der Waals surface area contributed by atoms with E-state index in [2.05, 4.69) is 4.99 Å². The maximum absolute atomic E-state index is 10.3. The van der Waals surface area contributed by atoms with E-state index < -0.39 is 5.54 Å². The van der Waals surface area contributed by atoms with E-state index in [0.717, 1.165) is 18.4 Å². The number of rotatable bonds is 3. The van der Waals surface area contributed by atoms with Gasteiger partial charge < -0.3 is 9.84 Å². The van der Waals surface area contributed by atoms with Crippen LogP contribution in [0.4, 0.5) is 0 Å². The van der Waals surface area contributed by atoms with Crippen LogP contribution in [0.15, 0.2) is 23.2 Å². The molecule has 1 saturated carbocycles. The first-order chi connectivity index (χ1) is 7.22. The molecule has 2 rings (SSSR count). The Morgan fingerprint density at radius 3 is 2.80 bits per heavy atom. The topological polar surface area (TPSA) is 58.9 Å². The summed E-state index contributed by atoms with van der Waals surface area (Å²) in [4.78, 5) is 14.1. The fourth-order valence-corrected chi connectivity index (χ4v) is 1.64. The lowest BCUT2D eigenvalue weighted by atomic mass is 10.1. The third kappa shape index (κ3) is 1.60. The molecular formula is C11H11NO3. The molecule has 0 spiro atoms. The molecule has 0 amide bonds. The van der Waals surface area contributed by atoms with Crippen LogP contribution < -0.4 is 4.74 Å². The minimum atomic E-state index is -0.414. The van der Waals surface area contributed by atoms with Gasteiger partial charge in [0.2, 0.25) is 6.08 Å². The largest absolute Gasteiger partial charge is 0.504 e. The van der Waals surface area contributed by atoms with E-state index in [1.165, 1.54) is 7.11 Å². The molecule has 1 aromatic rings. The molecule has 4 nitrogen and oxygen atoms in total. The zero-order valence-corrected chi connectivity index (χ0v) is 8.36. The van der Waals surface area contributed by atoms with Gasteiger partial charge in [0.25, 0.3) is 0 Å². The molecule has 0 unspecified atom stereocenters. The van der Waals surface area contributed by atoms with Gasteiger partial charge in [-0.1, -0.05) is 6.07 Å². The smallest absolute Gasteiger partial charge is 0.235 e. The average Bonchev–Trinajstić information content (AvgIpc) is 3.00. The second kappa shape index (κ2) is 3.41. The second-order valence-electron chi connectivity index (χ2n) is 3.62. The molecule has 78 valence electrons. The number of phenols is 1. The summed E-state index contributed by atoms with van der Waals surface area (Å²) in [7, 11) is 1.49. The van der Waals surface area contributed by atoms with Crippen LogP contribution >= 0.6 is 0 Å². The molecule has 0 saturated heterocycles. The van der Waals surface area contributed by atoms with Crippen LogP contribution in [0.1, 0.15) is 18.4 Å². The molecule has 0 aliphatic heterocycles. The van der Waals surface area contributed by atoms with E-state index in [1.54, 1.807) is 24.3 Å². The van der Waals surface area contributed by atoms with Crippen LogP contribution in [-0.4, -0.2) is 18.3 Å². The molecule has 1 fully saturated rings. The minimum absolute atomic E-state index is 0.0899. The molecule has 0 radical (unpaired) electrons. The Hall–Kier alpha value is -1.80. The van der Waals surface area contributed by atoms with Gasteiger partial charge in [0.15, 0.2) is 11.5 Å². The Morgan fingerprint density at radius 1 is 1.53 bits per heavy atom. The average molecular weight is 205 g/mol. The van der Waals surface area contributed by atoms with Crippen molar-refractivity contribution in [2.45, 2.75) is 18.4 Å². The van der Waals surface area contributed by atoms with Crippen LogP contribution in [0.5, 0.6) is 11.5 Å². The van der Waals surface area contributed by atoms with Crippen molar-refractivity contribution >= 4 is 6.08 Å². The van der Waals surface area contributed by atoms with E-state index in [4.69, 9.17) is 4.74 Å². The SMILES string of the molecule is COc1cc(C2(N=C=O)CC2)ccc1O. The summed E-state index contributed by atoms with van der Waals surface area (Å²) in [5, 5.41) is 9.42. The van der Waals surface area contributed by atoms with Gasteiger partial charge in [0, 0.05) is 0 Å². The maximum Gasteiger partial charge on any atom is 0.235 e. The summed E-state index contributed by atoms with van der Waals surface area (Å²) in [5.74, 6) is 0.493. The van der Waals surface area contributed by atoms with E-state index in [1.807, 2.05) is 0 Å². The van der Waals surface area contributed by atoms with Gasteiger partial charge in [-0.15, -0.1) is 0 Å². The Bertz CT molecular complexity index is 431. The Kier molecular flexibility index (Phi) is 2.21. The standard InChI is InChI=1S/C11H11NO3/c1-15-10-6-8(2-3-9(10)14)11(4-5-11)12-7-13/h2-3,6,14H,4-5H2,1H3. The number of hydrogen-bond acceptors (Lipinski definition) is 4. The first-order valence-electron chi connectivity index (χ1n) is 4.68. The second-order valence-corrected chi connectivity index (χ2v) is 3.62. The molecule has 0 bridgehead atoms. The van der Waals surface area contributed by atoms with Crippen molar-refractivity contribution in [2.24, 2.45) is 4.99 Å². The lowest BCUT2D eigenvalue weighted by molar-refractivity contribution is 0.372. The highest BCUT2D eigenvalue weighted by atomic mass is 16.5. The molecule has 0 aromatic heterocycles. The molecule has 15 heavy (non-hydrogen) atoms.